The summed E-state index contributed by atoms with van der Waals surface area (Å²) >= 11 is 0. The number of carbonyl (C=O) groups excluding carboxylic acids is 1. The van der Waals surface area contributed by atoms with Crippen molar-refractivity contribution in [2.75, 3.05) is 32.1 Å². The predicted octanol–water partition coefficient (Wildman–Crippen LogP) is 2.46. The van der Waals surface area contributed by atoms with E-state index in [0.717, 1.165) is 12.8 Å². The summed E-state index contributed by atoms with van der Waals surface area (Å²) in [6, 6.07) is 3.87. The molecule has 0 bridgehead atoms. The first-order valence-electron chi connectivity index (χ1n) is 6.62. The lowest BCUT2D eigenvalue weighted by molar-refractivity contribution is 0.187. The van der Waals surface area contributed by atoms with Crippen molar-refractivity contribution in [3.63, 3.8) is 0 Å². The molecule has 112 valence electrons. The van der Waals surface area contributed by atoms with Gasteiger partial charge in [0.1, 0.15) is 0 Å². The molecule has 20 heavy (non-hydrogen) atoms. The number of nitrogens with zero attached hydrogens (tertiary/aromatic N) is 1. The molecule has 2 N–H and O–H groups in total. The number of halogens is 1. The third-order valence-corrected chi connectivity index (χ3v) is 2.84. The number of methoxy groups -OCH3 is 1. The summed E-state index contributed by atoms with van der Waals surface area (Å²) in [4.78, 5) is 13.5. The number of benzene rings is 1. The van der Waals surface area contributed by atoms with E-state index in [-0.39, 0.29) is 24.9 Å². The van der Waals surface area contributed by atoms with E-state index in [4.69, 9.17) is 9.84 Å². The van der Waals surface area contributed by atoms with E-state index in [1.54, 1.807) is 6.07 Å². The van der Waals surface area contributed by atoms with Crippen LogP contribution in [0, 0.1) is 5.82 Å². The fourth-order valence-corrected chi connectivity index (χ4v) is 1.73. The number of anilines is 1. The summed E-state index contributed by atoms with van der Waals surface area (Å²) in [5, 5.41) is 11.6. The molecular weight excluding hydrogens is 263 g/mol. The zero-order valence-electron chi connectivity index (χ0n) is 11.9. The summed E-state index contributed by atoms with van der Waals surface area (Å²) < 4.78 is 18.3. The van der Waals surface area contributed by atoms with Crippen molar-refractivity contribution >= 4 is 11.7 Å². The topological polar surface area (TPSA) is 61.8 Å². The lowest BCUT2D eigenvalue weighted by atomic mass is 10.3. The molecule has 1 aromatic rings. The van der Waals surface area contributed by atoms with Gasteiger partial charge in [-0.05, 0) is 18.6 Å². The number of aliphatic hydroxyl groups excluding tert-OH is 1. The normalized spacial score (nSPS) is 10.2. The maximum atomic E-state index is 13.5. The van der Waals surface area contributed by atoms with E-state index in [1.807, 2.05) is 6.92 Å². The molecule has 0 saturated heterocycles. The summed E-state index contributed by atoms with van der Waals surface area (Å²) in [7, 11) is 1.38. The number of carbonyl (C=O) groups is 1. The largest absolute Gasteiger partial charge is 0.494 e. The van der Waals surface area contributed by atoms with Gasteiger partial charge < -0.3 is 20.1 Å². The Hall–Kier alpha value is -1.82. The second-order valence-corrected chi connectivity index (χ2v) is 4.34. The van der Waals surface area contributed by atoms with Gasteiger partial charge in [0.05, 0.1) is 13.7 Å². The van der Waals surface area contributed by atoms with Crippen molar-refractivity contribution in [2.45, 2.75) is 19.8 Å². The minimum Gasteiger partial charge on any atom is -0.494 e. The lowest BCUT2D eigenvalue weighted by Crippen LogP contribution is -2.37. The third kappa shape index (κ3) is 4.70. The maximum Gasteiger partial charge on any atom is 0.321 e. The Labute approximate surface area is 118 Å². The first-order chi connectivity index (χ1) is 9.62. The number of rotatable bonds is 7. The molecule has 0 heterocycles. The highest BCUT2D eigenvalue weighted by Gasteiger charge is 2.13. The van der Waals surface area contributed by atoms with Gasteiger partial charge in [0.15, 0.2) is 11.6 Å². The fourth-order valence-electron chi connectivity index (χ4n) is 1.73. The minimum atomic E-state index is -0.535. The molecule has 0 atom stereocenters. The third-order valence-electron chi connectivity index (χ3n) is 2.84. The van der Waals surface area contributed by atoms with E-state index < -0.39 is 5.82 Å². The van der Waals surface area contributed by atoms with Crippen LogP contribution in [0.15, 0.2) is 18.2 Å². The number of hydrogen-bond acceptors (Lipinski definition) is 3. The van der Waals surface area contributed by atoms with Crippen molar-refractivity contribution in [3.05, 3.63) is 24.0 Å². The Morgan fingerprint density at radius 2 is 2.20 bits per heavy atom. The number of hydrogen-bond donors (Lipinski definition) is 2. The van der Waals surface area contributed by atoms with Gasteiger partial charge in [-0.1, -0.05) is 13.3 Å². The first-order valence-corrected chi connectivity index (χ1v) is 6.62. The van der Waals surface area contributed by atoms with E-state index in [1.165, 1.54) is 24.1 Å². The molecule has 0 aliphatic rings. The second-order valence-electron chi connectivity index (χ2n) is 4.34. The van der Waals surface area contributed by atoms with E-state index in [9.17, 15) is 9.18 Å². The van der Waals surface area contributed by atoms with Crippen LogP contribution in [0.25, 0.3) is 0 Å². The molecule has 0 unspecified atom stereocenters. The van der Waals surface area contributed by atoms with Gasteiger partial charge in [0.2, 0.25) is 0 Å². The number of unbranched alkanes of at least 4 members (excludes halogenated alkanes) is 1. The predicted molar refractivity (Wildman–Crippen MR) is 75.5 cm³/mol. The van der Waals surface area contributed by atoms with Gasteiger partial charge in [0.25, 0.3) is 0 Å². The molecule has 0 aromatic heterocycles. The van der Waals surface area contributed by atoms with Crippen LogP contribution < -0.4 is 10.1 Å². The average Bonchev–Trinajstić information content (AvgIpc) is 2.43. The molecule has 1 rings (SSSR count). The van der Waals surface area contributed by atoms with Crippen molar-refractivity contribution in [2.24, 2.45) is 0 Å². The Bertz CT molecular complexity index is 440. The zero-order valence-corrected chi connectivity index (χ0v) is 11.9. The van der Waals surface area contributed by atoms with Crippen LogP contribution in [-0.2, 0) is 0 Å². The van der Waals surface area contributed by atoms with Crippen LogP contribution in [0.2, 0.25) is 0 Å². The molecule has 5 nitrogen and oxygen atoms in total. The molecule has 0 fully saturated rings. The van der Waals surface area contributed by atoms with Crippen molar-refractivity contribution in [1.82, 2.24) is 4.90 Å². The Kier molecular flexibility index (Phi) is 6.79. The van der Waals surface area contributed by atoms with Crippen molar-refractivity contribution in [3.8, 4) is 5.75 Å². The highest BCUT2D eigenvalue weighted by atomic mass is 19.1. The van der Waals surface area contributed by atoms with Crippen molar-refractivity contribution < 1.29 is 19.0 Å². The number of aliphatic hydroxyl groups is 1. The standard InChI is InChI=1S/C14H21FN2O3/c1-3-4-7-17(8-9-18)14(19)16-11-5-6-13(20-2)12(15)10-11/h5-6,10,18H,3-4,7-9H2,1-2H3,(H,16,19). The van der Waals surface area contributed by atoms with E-state index in [2.05, 4.69) is 5.32 Å². The molecule has 0 saturated carbocycles. The van der Waals surface area contributed by atoms with Crippen LogP contribution in [0.5, 0.6) is 5.75 Å². The maximum absolute atomic E-state index is 13.5. The summed E-state index contributed by atoms with van der Waals surface area (Å²) in [6.45, 7) is 2.73. The highest BCUT2D eigenvalue weighted by Crippen LogP contribution is 2.20. The molecule has 0 spiro atoms. The van der Waals surface area contributed by atoms with Crippen LogP contribution >= 0.6 is 0 Å². The monoisotopic (exact) mass is 284 g/mol. The lowest BCUT2D eigenvalue weighted by Gasteiger charge is -2.22. The fraction of sp³-hybridized carbons (Fsp3) is 0.500. The van der Waals surface area contributed by atoms with Gasteiger partial charge >= 0.3 is 6.03 Å². The summed E-state index contributed by atoms with van der Waals surface area (Å²) in [5.74, 6) is -0.409. The summed E-state index contributed by atoms with van der Waals surface area (Å²) in [5.41, 5.74) is 0.354. The van der Waals surface area contributed by atoms with Gasteiger partial charge in [0, 0.05) is 24.8 Å². The molecule has 0 radical (unpaired) electrons. The Morgan fingerprint density at radius 3 is 2.75 bits per heavy atom. The highest BCUT2D eigenvalue weighted by molar-refractivity contribution is 5.89. The molecule has 0 aliphatic carbocycles. The van der Waals surface area contributed by atoms with Crippen molar-refractivity contribution in [1.29, 1.82) is 0 Å². The Balaban J connectivity index is 2.69. The van der Waals surface area contributed by atoms with E-state index in [0.29, 0.717) is 12.2 Å². The summed E-state index contributed by atoms with van der Waals surface area (Å²) in [6.07, 6.45) is 1.80. The van der Waals surface area contributed by atoms with Gasteiger partial charge in [-0.2, -0.15) is 0 Å². The SMILES string of the molecule is CCCCN(CCO)C(=O)Nc1ccc(OC)c(F)c1. The molecular formula is C14H21FN2O3. The van der Waals surface area contributed by atoms with Gasteiger partial charge in [-0.15, -0.1) is 0 Å². The smallest absolute Gasteiger partial charge is 0.321 e. The van der Waals surface area contributed by atoms with Gasteiger partial charge in [-0.3, -0.25) is 0 Å². The zero-order chi connectivity index (χ0) is 15.0. The van der Waals surface area contributed by atoms with Crippen LogP contribution in [-0.4, -0.2) is 42.8 Å². The van der Waals surface area contributed by atoms with Crippen LogP contribution in [0.1, 0.15) is 19.8 Å². The molecule has 6 heteroatoms. The van der Waals surface area contributed by atoms with Crippen LogP contribution in [0.3, 0.4) is 0 Å². The molecule has 1 aromatic carbocycles. The molecule has 0 aliphatic heterocycles. The quantitative estimate of drug-likeness (QED) is 0.808. The second kappa shape index (κ2) is 8.37. The average molecular weight is 284 g/mol. The molecule has 2 amide bonds. The number of nitrogens with one attached hydrogen (secondary N) is 1. The first kappa shape index (κ1) is 16.2. The van der Waals surface area contributed by atoms with E-state index >= 15 is 0 Å². The van der Waals surface area contributed by atoms with Gasteiger partial charge in [-0.25, -0.2) is 9.18 Å². The number of ether oxygens (including phenoxy) is 1. The van der Waals surface area contributed by atoms with Crippen LogP contribution in [0.4, 0.5) is 14.9 Å². The Morgan fingerprint density at radius 1 is 1.45 bits per heavy atom. The minimum absolute atomic E-state index is 0.103. The number of amides is 2. The number of urea groups is 1.